The van der Waals surface area contributed by atoms with E-state index < -0.39 is 11.9 Å². The number of benzene rings is 1. The van der Waals surface area contributed by atoms with Gasteiger partial charge < -0.3 is 18.8 Å². The van der Waals surface area contributed by atoms with Crippen molar-refractivity contribution in [3.8, 4) is 5.75 Å². The first-order valence-electron chi connectivity index (χ1n) is 9.60. The maximum absolute atomic E-state index is 12.7. The minimum atomic E-state index is -0.456. The van der Waals surface area contributed by atoms with Crippen LogP contribution in [0.15, 0.2) is 24.3 Å². The van der Waals surface area contributed by atoms with Crippen LogP contribution in [0.1, 0.15) is 40.3 Å². The number of esters is 1. The fourth-order valence-electron chi connectivity index (χ4n) is 3.90. The minimum absolute atomic E-state index is 0.107. The van der Waals surface area contributed by atoms with Gasteiger partial charge in [-0.3, -0.25) is 9.59 Å². The second-order valence-electron chi connectivity index (χ2n) is 7.45. The summed E-state index contributed by atoms with van der Waals surface area (Å²) in [5.41, 5.74) is 3.25. The van der Waals surface area contributed by atoms with Crippen LogP contribution in [0.3, 0.4) is 0 Å². The third-order valence-corrected chi connectivity index (χ3v) is 5.48. The molecule has 0 spiro atoms. The van der Waals surface area contributed by atoms with Crippen LogP contribution in [0.25, 0.3) is 0 Å². The molecule has 29 heavy (non-hydrogen) atoms. The highest BCUT2D eigenvalue weighted by Gasteiger charge is 2.28. The Morgan fingerprint density at radius 1 is 1.31 bits per heavy atom. The molecule has 0 radical (unpaired) electrons. The Kier molecular flexibility index (Phi) is 6.65. The molecule has 156 valence electrons. The zero-order valence-electron chi connectivity index (χ0n) is 17.2. The van der Waals surface area contributed by atoms with Gasteiger partial charge in [-0.05, 0) is 57.0 Å². The fraction of sp³-hybridized carbons (Fsp3) is 0.455. The first-order chi connectivity index (χ1) is 13.8. The summed E-state index contributed by atoms with van der Waals surface area (Å²) < 4.78 is 18.2. The second kappa shape index (κ2) is 9.01. The van der Waals surface area contributed by atoms with Gasteiger partial charge >= 0.3 is 5.97 Å². The first-order valence-corrected chi connectivity index (χ1v) is 9.98. The number of halogens is 1. The van der Waals surface area contributed by atoms with Crippen molar-refractivity contribution in [3.05, 3.63) is 51.8 Å². The molecule has 1 aliphatic heterocycles. The van der Waals surface area contributed by atoms with Crippen LogP contribution >= 0.6 is 11.6 Å². The van der Waals surface area contributed by atoms with Crippen molar-refractivity contribution in [2.75, 3.05) is 26.9 Å². The number of aromatic nitrogens is 1. The van der Waals surface area contributed by atoms with Gasteiger partial charge in [-0.25, -0.2) is 0 Å². The van der Waals surface area contributed by atoms with Crippen molar-refractivity contribution in [1.29, 1.82) is 0 Å². The molecule has 0 saturated heterocycles. The number of nitrogens with zero attached hydrogens (tertiary/aromatic N) is 1. The third kappa shape index (κ3) is 4.65. The Morgan fingerprint density at radius 2 is 2.07 bits per heavy atom. The van der Waals surface area contributed by atoms with Gasteiger partial charge in [0.05, 0.1) is 18.6 Å². The topological polar surface area (TPSA) is 66.8 Å². The highest BCUT2D eigenvalue weighted by molar-refractivity contribution is 6.30. The smallest absolute Gasteiger partial charge is 0.313 e. The highest BCUT2D eigenvalue weighted by atomic mass is 35.5. The van der Waals surface area contributed by atoms with E-state index in [4.69, 9.17) is 25.8 Å². The maximum Gasteiger partial charge on any atom is 0.313 e. The van der Waals surface area contributed by atoms with Gasteiger partial charge in [-0.2, -0.15) is 0 Å². The van der Waals surface area contributed by atoms with Gasteiger partial charge in [-0.1, -0.05) is 11.6 Å². The summed E-state index contributed by atoms with van der Waals surface area (Å²) in [6.07, 6.45) is 0.478. The lowest BCUT2D eigenvalue weighted by Crippen LogP contribution is -2.31. The van der Waals surface area contributed by atoms with Crippen molar-refractivity contribution < 1.29 is 23.8 Å². The molecule has 0 amide bonds. The monoisotopic (exact) mass is 419 g/mol. The van der Waals surface area contributed by atoms with E-state index >= 15 is 0 Å². The number of hydrogen-bond acceptors (Lipinski definition) is 5. The average Bonchev–Trinajstić information content (AvgIpc) is 2.99. The Morgan fingerprint density at radius 3 is 2.79 bits per heavy atom. The van der Waals surface area contributed by atoms with Gasteiger partial charge in [0.1, 0.15) is 12.4 Å². The quantitative estimate of drug-likeness (QED) is 0.502. The number of carbonyl (C=O) groups is 2. The van der Waals surface area contributed by atoms with Crippen molar-refractivity contribution in [2.24, 2.45) is 5.92 Å². The van der Waals surface area contributed by atoms with E-state index in [1.165, 1.54) is 0 Å². The molecule has 0 aliphatic carbocycles. The first kappa shape index (κ1) is 21.4. The molecule has 2 aromatic rings. The maximum atomic E-state index is 12.7. The number of aryl methyl sites for hydroxylation is 1. The van der Waals surface area contributed by atoms with Crippen LogP contribution in [0.4, 0.5) is 0 Å². The van der Waals surface area contributed by atoms with Crippen molar-refractivity contribution in [2.45, 2.75) is 33.2 Å². The zero-order chi connectivity index (χ0) is 21.1. The van der Waals surface area contributed by atoms with E-state index in [0.717, 1.165) is 22.7 Å². The molecular weight excluding hydrogens is 394 g/mol. The molecule has 1 aromatic carbocycles. The third-order valence-electron chi connectivity index (χ3n) is 5.24. The molecule has 1 aliphatic rings. The van der Waals surface area contributed by atoms with Crippen LogP contribution in [-0.2, 0) is 20.7 Å². The van der Waals surface area contributed by atoms with E-state index in [2.05, 4.69) is 4.57 Å². The number of ether oxygens (including phenoxy) is 3. The standard InChI is InChI=1S/C22H26ClNO5/c1-13-7-19(15(3)24(13)14(2)10-27-4)20(25)12-29-22(26)17-8-16-9-18(23)5-6-21(16)28-11-17/h5-7,9,14,17H,8,10-12H2,1-4H3/t14-,17+/m0/s1. The van der Waals surface area contributed by atoms with Gasteiger partial charge in [-0.15, -0.1) is 0 Å². The van der Waals surface area contributed by atoms with Gasteiger partial charge in [0, 0.05) is 29.1 Å². The van der Waals surface area contributed by atoms with Crippen LogP contribution in [0.5, 0.6) is 5.75 Å². The van der Waals surface area contributed by atoms with Crippen molar-refractivity contribution in [3.63, 3.8) is 0 Å². The summed E-state index contributed by atoms with van der Waals surface area (Å²) in [5, 5.41) is 0.592. The lowest BCUT2D eigenvalue weighted by molar-refractivity contribution is -0.148. The lowest BCUT2D eigenvalue weighted by atomic mass is 9.97. The lowest BCUT2D eigenvalue weighted by Gasteiger charge is -2.24. The molecule has 0 bridgehead atoms. The normalized spacial score (nSPS) is 16.7. The minimum Gasteiger partial charge on any atom is -0.492 e. The van der Waals surface area contributed by atoms with Gasteiger partial charge in [0.25, 0.3) is 0 Å². The average molecular weight is 420 g/mol. The zero-order valence-corrected chi connectivity index (χ0v) is 17.9. The largest absolute Gasteiger partial charge is 0.492 e. The van der Waals surface area contributed by atoms with Crippen LogP contribution in [-0.4, -0.2) is 43.3 Å². The molecule has 0 fully saturated rings. The number of rotatable bonds is 7. The summed E-state index contributed by atoms with van der Waals surface area (Å²) in [7, 11) is 1.65. The molecule has 2 heterocycles. The summed E-state index contributed by atoms with van der Waals surface area (Å²) >= 11 is 6.02. The van der Waals surface area contributed by atoms with E-state index in [9.17, 15) is 9.59 Å². The van der Waals surface area contributed by atoms with Crippen molar-refractivity contribution in [1.82, 2.24) is 4.57 Å². The van der Waals surface area contributed by atoms with E-state index in [-0.39, 0.29) is 25.0 Å². The number of ketones is 1. The van der Waals surface area contributed by atoms with Gasteiger partial charge in [0.15, 0.2) is 6.61 Å². The number of hydrogen-bond donors (Lipinski definition) is 0. The Labute approximate surface area is 175 Å². The summed E-state index contributed by atoms with van der Waals surface area (Å²) in [4.78, 5) is 25.1. The number of Topliss-reactive ketones (excluding diaryl/α,β-unsaturated/α-hetero) is 1. The van der Waals surface area contributed by atoms with E-state index in [0.29, 0.717) is 23.6 Å². The molecular formula is C22H26ClNO5. The Balaban J connectivity index is 1.62. The summed E-state index contributed by atoms with van der Waals surface area (Å²) in [5.74, 6) is -0.386. The number of methoxy groups -OCH3 is 1. The number of carbonyl (C=O) groups excluding carboxylic acids is 2. The number of fused-ring (bicyclic) bond motifs is 1. The molecule has 2 atom stereocenters. The van der Waals surface area contributed by atoms with Crippen LogP contribution < -0.4 is 4.74 Å². The molecule has 0 N–H and O–H groups in total. The summed E-state index contributed by atoms with van der Waals surface area (Å²) in [6, 6.07) is 7.28. The molecule has 0 saturated carbocycles. The van der Waals surface area contributed by atoms with E-state index in [1.807, 2.05) is 26.8 Å². The second-order valence-corrected chi connectivity index (χ2v) is 7.89. The Hall–Kier alpha value is -2.31. The predicted octanol–water partition coefficient (Wildman–Crippen LogP) is 3.94. The fourth-order valence-corrected chi connectivity index (χ4v) is 4.09. The van der Waals surface area contributed by atoms with Crippen molar-refractivity contribution >= 4 is 23.4 Å². The van der Waals surface area contributed by atoms with Crippen LogP contribution in [0, 0.1) is 19.8 Å². The molecule has 1 aromatic heterocycles. The molecule has 7 heteroatoms. The molecule has 6 nitrogen and oxygen atoms in total. The predicted molar refractivity (Wildman–Crippen MR) is 110 cm³/mol. The van der Waals surface area contributed by atoms with Crippen LogP contribution in [0.2, 0.25) is 5.02 Å². The molecule has 0 unspecified atom stereocenters. The summed E-state index contributed by atoms with van der Waals surface area (Å²) in [6.45, 7) is 6.36. The van der Waals surface area contributed by atoms with Gasteiger partial charge in [0.2, 0.25) is 5.78 Å². The Bertz CT molecular complexity index is 920. The SMILES string of the molecule is COC[C@H](C)n1c(C)cc(C(=O)COC(=O)[C@H]2COc3ccc(Cl)cc3C2)c1C. The van der Waals surface area contributed by atoms with E-state index in [1.54, 1.807) is 25.3 Å². The highest BCUT2D eigenvalue weighted by Crippen LogP contribution is 2.30. The molecule has 3 rings (SSSR count).